The molecule has 0 bridgehead atoms. The van der Waals surface area contributed by atoms with Crippen molar-refractivity contribution in [3.05, 3.63) is 29.8 Å². The van der Waals surface area contributed by atoms with E-state index in [1.54, 1.807) is 6.07 Å². The highest BCUT2D eigenvalue weighted by Crippen LogP contribution is 2.26. The van der Waals surface area contributed by atoms with Gasteiger partial charge in [0.05, 0.1) is 12.0 Å². The number of alkyl halides is 3. The molecular formula is C10H9F3O2S. The lowest BCUT2D eigenvalue weighted by molar-refractivity contribution is -0.129. The van der Waals surface area contributed by atoms with Crippen LogP contribution in [0, 0.1) is 0 Å². The Labute approximate surface area is 94.5 Å². The molecule has 0 heterocycles. The van der Waals surface area contributed by atoms with Crippen LogP contribution in [0.3, 0.4) is 0 Å². The van der Waals surface area contributed by atoms with Crippen LogP contribution in [0.15, 0.2) is 29.2 Å². The van der Waals surface area contributed by atoms with Gasteiger partial charge < -0.3 is 5.11 Å². The lowest BCUT2D eigenvalue weighted by Crippen LogP contribution is -2.08. The van der Waals surface area contributed by atoms with Crippen molar-refractivity contribution in [1.29, 1.82) is 0 Å². The third-order valence-corrected chi connectivity index (χ3v) is 2.73. The Hall–Kier alpha value is -1.17. The number of halogens is 3. The van der Waals surface area contributed by atoms with Gasteiger partial charge in [0.25, 0.3) is 0 Å². The Balaban J connectivity index is 2.55. The van der Waals surface area contributed by atoms with Gasteiger partial charge in [-0.05, 0) is 18.2 Å². The molecule has 0 saturated carbocycles. The van der Waals surface area contributed by atoms with Gasteiger partial charge in [0.2, 0.25) is 0 Å². The number of thioether (sulfide) groups is 1. The molecule has 0 aliphatic carbocycles. The van der Waals surface area contributed by atoms with Gasteiger partial charge in [-0.25, -0.2) is 4.79 Å². The first-order valence-corrected chi connectivity index (χ1v) is 5.40. The van der Waals surface area contributed by atoms with Gasteiger partial charge in [0.1, 0.15) is 0 Å². The van der Waals surface area contributed by atoms with Gasteiger partial charge in [-0.3, -0.25) is 0 Å². The normalized spacial score (nSPS) is 11.4. The molecule has 0 saturated heterocycles. The minimum Gasteiger partial charge on any atom is -0.478 e. The summed E-state index contributed by atoms with van der Waals surface area (Å²) in [7, 11) is 0. The summed E-state index contributed by atoms with van der Waals surface area (Å²) >= 11 is 0.996. The van der Waals surface area contributed by atoms with E-state index in [4.69, 9.17) is 5.11 Å². The van der Waals surface area contributed by atoms with Crippen molar-refractivity contribution >= 4 is 17.7 Å². The molecule has 0 atom stereocenters. The first-order valence-electron chi connectivity index (χ1n) is 4.41. The third-order valence-electron chi connectivity index (χ3n) is 1.74. The second kappa shape index (κ2) is 5.25. The maximum atomic E-state index is 11.9. The molecule has 88 valence electrons. The van der Waals surface area contributed by atoms with Crippen LogP contribution in [0.5, 0.6) is 0 Å². The molecule has 1 rings (SSSR count). The van der Waals surface area contributed by atoms with Crippen LogP contribution < -0.4 is 0 Å². The zero-order chi connectivity index (χ0) is 12.2. The molecule has 6 heteroatoms. The first-order chi connectivity index (χ1) is 7.38. The molecule has 0 aromatic heterocycles. The topological polar surface area (TPSA) is 37.3 Å². The molecule has 2 nitrogen and oxygen atoms in total. The average molecular weight is 250 g/mol. The van der Waals surface area contributed by atoms with E-state index in [9.17, 15) is 18.0 Å². The predicted molar refractivity (Wildman–Crippen MR) is 54.8 cm³/mol. The van der Waals surface area contributed by atoms with E-state index in [1.807, 2.05) is 0 Å². The lowest BCUT2D eigenvalue weighted by Gasteiger charge is -2.06. The molecule has 1 N–H and O–H groups in total. The van der Waals surface area contributed by atoms with Crippen molar-refractivity contribution in [2.24, 2.45) is 0 Å². The van der Waals surface area contributed by atoms with Crippen molar-refractivity contribution in [2.75, 3.05) is 5.75 Å². The molecule has 16 heavy (non-hydrogen) atoms. The fraction of sp³-hybridized carbons (Fsp3) is 0.300. The van der Waals surface area contributed by atoms with Crippen LogP contribution in [0.4, 0.5) is 13.2 Å². The minimum atomic E-state index is -4.17. The standard InChI is InChI=1S/C10H9F3O2S/c11-10(12,13)4-5-16-8-3-1-2-7(6-8)9(14)15/h1-3,6H,4-5H2,(H,14,15). The summed E-state index contributed by atoms with van der Waals surface area (Å²) in [4.78, 5) is 11.1. The Kier molecular flexibility index (Phi) is 4.23. The van der Waals surface area contributed by atoms with Crippen LogP contribution >= 0.6 is 11.8 Å². The maximum absolute atomic E-state index is 11.9. The number of rotatable bonds is 4. The van der Waals surface area contributed by atoms with E-state index < -0.39 is 18.6 Å². The van der Waals surface area contributed by atoms with Crippen LogP contribution in [0.2, 0.25) is 0 Å². The summed E-state index contributed by atoms with van der Waals surface area (Å²) in [5.74, 6) is -1.19. The Bertz CT molecular complexity index is 377. The van der Waals surface area contributed by atoms with E-state index in [0.717, 1.165) is 11.8 Å². The zero-order valence-corrected chi connectivity index (χ0v) is 8.94. The highest BCUT2D eigenvalue weighted by Gasteiger charge is 2.26. The second-order valence-electron chi connectivity index (χ2n) is 3.05. The number of carboxylic acids is 1. The number of hydrogen-bond donors (Lipinski definition) is 1. The van der Waals surface area contributed by atoms with Gasteiger partial charge >= 0.3 is 12.1 Å². The fourth-order valence-corrected chi connectivity index (χ4v) is 1.96. The summed E-state index contributed by atoms with van der Waals surface area (Å²) in [5.41, 5.74) is 0.0806. The number of hydrogen-bond acceptors (Lipinski definition) is 2. The molecule has 1 aromatic rings. The number of carbonyl (C=O) groups is 1. The molecule has 0 spiro atoms. The van der Waals surface area contributed by atoms with Crippen LogP contribution in [-0.4, -0.2) is 23.0 Å². The van der Waals surface area contributed by atoms with Gasteiger partial charge in [0, 0.05) is 10.6 Å². The highest BCUT2D eigenvalue weighted by molar-refractivity contribution is 7.99. The summed E-state index contributed by atoms with van der Waals surface area (Å²) in [6.45, 7) is 0. The van der Waals surface area contributed by atoms with E-state index in [2.05, 4.69) is 0 Å². The number of carboxylic acid groups (broad SMARTS) is 1. The number of aromatic carboxylic acids is 1. The van der Waals surface area contributed by atoms with Crippen molar-refractivity contribution < 1.29 is 23.1 Å². The predicted octanol–water partition coefficient (Wildman–Crippen LogP) is 3.43. The van der Waals surface area contributed by atoms with Crippen molar-refractivity contribution in [1.82, 2.24) is 0 Å². The summed E-state index contributed by atoms with van der Waals surface area (Å²) < 4.78 is 35.6. The molecule has 0 amide bonds. The highest BCUT2D eigenvalue weighted by atomic mass is 32.2. The Morgan fingerprint density at radius 1 is 1.38 bits per heavy atom. The first kappa shape index (κ1) is 12.9. The quantitative estimate of drug-likeness (QED) is 0.832. The van der Waals surface area contributed by atoms with Gasteiger partial charge in [-0.15, -0.1) is 11.8 Å². The van der Waals surface area contributed by atoms with Crippen LogP contribution in [-0.2, 0) is 0 Å². The lowest BCUT2D eigenvalue weighted by atomic mass is 10.2. The maximum Gasteiger partial charge on any atom is 0.389 e. The molecule has 0 aliphatic rings. The summed E-state index contributed by atoms with van der Waals surface area (Å²) in [6.07, 6.45) is -5.05. The van der Waals surface area contributed by atoms with Crippen LogP contribution in [0.25, 0.3) is 0 Å². The van der Waals surface area contributed by atoms with E-state index in [-0.39, 0.29) is 11.3 Å². The zero-order valence-electron chi connectivity index (χ0n) is 8.12. The Morgan fingerprint density at radius 2 is 2.06 bits per heavy atom. The smallest absolute Gasteiger partial charge is 0.389 e. The summed E-state index contributed by atoms with van der Waals surface area (Å²) in [5, 5.41) is 8.67. The van der Waals surface area contributed by atoms with Crippen molar-refractivity contribution in [3.8, 4) is 0 Å². The van der Waals surface area contributed by atoms with Gasteiger partial charge in [-0.1, -0.05) is 6.07 Å². The second-order valence-corrected chi connectivity index (χ2v) is 4.21. The summed E-state index contributed by atoms with van der Waals surface area (Å²) in [6, 6.07) is 5.87. The SMILES string of the molecule is O=C(O)c1cccc(SCCC(F)(F)F)c1. The average Bonchev–Trinajstić information content (AvgIpc) is 2.16. The van der Waals surface area contributed by atoms with E-state index in [0.29, 0.717) is 4.90 Å². The largest absolute Gasteiger partial charge is 0.478 e. The van der Waals surface area contributed by atoms with Gasteiger partial charge in [-0.2, -0.15) is 13.2 Å². The Morgan fingerprint density at radius 3 is 2.62 bits per heavy atom. The van der Waals surface area contributed by atoms with Crippen LogP contribution in [0.1, 0.15) is 16.8 Å². The molecule has 1 aromatic carbocycles. The molecular weight excluding hydrogens is 241 g/mol. The van der Waals surface area contributed by atoms with E-state index >= 15 is 0 Å². The monoisotopic (exact) mass is 250 g/mol. The van der Waals surface area contributed by atoms with Gasteiger partial charge in [0.15, 0.2) is 0 Å². The van der Waals surface area contributed by atoms with Crippen molar-refractivity contribution in [2.45, 2.75) is 17.5 Å². The molecule has 0 radical (unpaired) electrons. The minimum absolute atomic E-state index is 0.0806. The third kappa shape index (κ3) is 4.57. The van der Waals surface area contributed by atoms with E-state index in [1.165, 1.54) is 18.2 Å². The molecule has 0 fully saturated rings. The molecule has 0 aliphatic heterocycles. The fourth-order valence-electron chi connectivity index (χ4n) is 1.00. The molecule has 0 unspecified atom stereocenters. The number of benzene rings is 1. The van der Waals surface area contributed by atoms with Crippen molar-refractivity contribution in [3.63, 3.8) is 0 Å².